The van der Waals surface area contributed by atoms with E-state index in [1.165, 1.54) is 0 Å². The zero-order valence-electron chi connectivity index (χ0n) is 27.5. The minimum atomic E-state index is -2.27. The molecule has 1 heterocycles. The summed E-state index contributed by atoms with van der Waals surface area (Å²) in [6.07, 6.45) is -0.219. The number of ether oxygens (including phenoxy) is 4. The number of thiazole rings is 1. The Morgan fingerprint density at radius 2 is 1.64 bits per heavy atom. The molecule has 3 rings (SSSR count). The van der Waals surface area contributed by atoms with Crippen LogP contribution in [0.15, 0.2) is 24.3 Å². The van der Waals surface area contributed by atoms with Gasteiger partial charge in [-0.3, -0.25) is 0 Å². The Bertz CT molecular complexity index is 1350. The van der Waals surface area contributed by atoms with Gasteiger partial charge in [0.05, 0.1) is 53.8 Å². The van der Waals surface area contributed by atoms with E-state index in [2.05, 4.69) is 53.8 Å². The topological polar surface area (TPSA) is 76.1 Å². The monoisotopic (exact) mass is 615 g/mol. The van der Waals surface area contributed by atoms with Crippen molar-refractivity contribution >= 4 is 35.8 Å². The highest BCUT2D eigenvalue weighted by Crippen LogP contribution is 2.44. The minimum Gasteiger partial charge on any atom is -0.496 e. The van der Waals surface area contributed by atoms with Gasteiger partial charge in [-0.2, -0.15) is 0 Å². The van der Waals surface area contributed by atoms with E-state index in [1.54, 1.807) is 25.6 Å². The molecule has 0 aliphatic rings. The summed E-state index contributed by atoms with van der Waals surface area (Å²) in [7, 11) is 1.08. The van der Waals surface area contributed by atoms with Gasteiger partial charge in [-0.25, -0.2) is 9.78 Å². The average Bonchev–Trinajstić information content (AvgIpc) is 3.31. The molecule has 0 aliphatic carbocycles. The number of benzene rings is 2. The molecule has 2 aromatic carbocycles. The summed E-state index contributed by atoms with van der Waals surface area (Å²) in [6.45, 7) is 22.2. The van der Waals surface area contributed by atoms with Gasteiger partial charge >= 0.3 is 5.97 Å². The van der Waals surface area contributed by atoms with Crippen LogP contribution in [0.4, 0.5) is 0 Å². The summed E-state index contributed by atoms with van der Waals surface area (Å²) >= 11 is 1.59. The number of hydrogen-bond donors (Lipinski definition) is 0. The van der Waals surface area contributed by atoms with E-state index >= 15 is 0 Å². The van der Waals surface area contributed by atoms with Gasteiger partial charge in [-0.05, 0) is 80.2 Å². The lowest BCUT2D eigenvalue weighted by Gasteiger charge is -2.41. The molecule has 1 aromatic heterocycles. The third-order valence-corrected chi connectivity index (χ3v) is 13.3. The number of carbonyl (C=O) groups is 1. The molecule has 232 valence electrons. The second kappa shape index (κ2) is 13.9. The number of hydrogen-bond acceptors (Lipinski definition) is 8. The lowest BCUT2D eigenvalue weighted by Crippen LogP contribution is -2.45. The van der Waals surface area contributed by atoms with Crippen LogP contribution in [-0.4, -0.2) is 52.8 Å². The van der Waals surface area contributed by atoms with Crippen molar-refractivity contribution in [2.75, 3.05) is 27.4 Å². The summed E-state index contributed by atoms with van der Waals surface area (Å²) in [4.78, 5) is 17.8. The zero-order chi connectivity index (χ0) is 31.4. The van der Waals surface area contributed by atoms with Crippen LogP contribution in [0, 0.1) is 19.8 Å². The molecule has 0 spiro atoms. The van der Waals surface area contributed by atoms with Crippen LogP contribution in [0.3, 0.4) is 0 Å². The van der Waals surface area contributed by atoms with E-state index in [1.807, 2.05) is 39.0 Å². The van der Waals surface area contributed by atoms with Crippen molar-refractivity contribution in [3.05, 3.63) is 51.5 Å². The number of fused-ring (bicyclic) bond motifs is 1. The molecule has 0 saturated carbocycles. The Morgan fingerprint density at radius 1 is 1.02 bits per heavy atom. The molecular formula is C33H49NO6SSi. The first-order valence-corrected chi connectivity index (χ1v) is 18.4. The highest BCUT2D eigenvalue weighted by Gasteiger charge is 2.42. The predicted molar refractivity (Wildman–Crippen MR) is 174 cm³/mol. The molecule has 2 atom stereocenters. The fraction of sp³-hybridized carbons (Fsp3) is 0.576. The summed E-state index contributed by atoms with van der Waals surface area (Å²) in [5, 5.41) is 0.860. The van der Waals surface area contributed by atoms with Gasteiger partial charge < -0.3 is 23.4 Å². The first-order chi connectivity index (χ1) is 19.6. The number of aromatic nitrogens is 1. The maximum Gasteiger partial charge on any atom is 0.340 e. The fourth-order valence-electron chi connectivity index (χ4n) is 4.53. The van der Waals surface area contributed by atoms with Gasteiger partial charge in [0.1, 0.15) is 11.5 Å². The molecule has 0 bridgehead atoms. The summed E-state index contributed by atoms with van der Waals surface area (Å²) in [5.41, 5.74) is 4.03. The quantitative estimate of drug-likeness (QED) is 0.141. The van der Waals surface area contributed by atoms with E-state index in [0.717, 1.165) is 37.9 Å². The molecular weight excluding hydrogens is 567 g/mol. The smallest absolute Gasteiger partial charge is 0.340 e. The fourth-order valence-corrected chi connectivity index (χ4v) is 6.94. The number of carbonyl (C=O) groups excluding carboxylic acids is 1. The maximum absolute atomic E-state index is 12.8. The van der Waals surface area contributed by atoms with E-state index in [4.69, 9.17) is 28.4 Å². The molecule has 42 heavy (non-hydrogen) atoms. The van der Waals surface area contributed by atoms with Gasteiger partial charge in [0.2, 0.25) is 0 Å². The van der Waals surface area contributed by atoms with Crippen molar-refractivity contribution in [1.82, 2.24) is 4.98 Å². The van der Waals surface area contributed by atoms with Crippen molar-refractivity contribution in [1.29, 1.82) is 0 Å². The van der Waals surface area contributed by atoms with E-state index in [-0.39, 0.29) is 17.1 Å². The number of methoxy groups -OCH3 is 2. The molecule has 0 aliphatic heterocycles. The van der Waals surface area contributed by atoms with Crippen molar-refractivity contribution in [3.8, 4) is 11.5 Å². The molecule has 0 N–H and O–H groups in total. The molecule has 0 amide bonds. The average molecular weight is 616 g/mol. The van der Waals surface area contributed by atoms with Crippen LogP contribution in [-0.2, 0) is 20.3 Å². The van der Waals surface area contributed by atoms with E-state index in [9.17, 15) is 4.79 Å². The van der Waals surface area contributed by atoms with Crippen molar-refractivity contribution in [2.45, 2.75) is 92.2 Å². The Labute approximate surface area is 257 Å². The summed E-state index contributed by atoms with van der Waals surface area (Å²) in [6, 6.07) is 8.01. The van der Waals surface area contributed by atoms with Crippen LogP contribution < -0.4 is 9.47 Å². The van der Waals surface area contributed by atoms with Crippen molar-refractivity contribution in [3.63, 3.8) is 0 Å². The third kappa shape index (κ3) is 7.92. The maximum atomic E-state index is 12.8. The lowest BCUT2D eigenvalue weighted by atomic mass is 9.99. The van der Waals surface area contributed by atoms with Gasteiger partial charge in [0.25, 0.3) is 0 Å². The first-order valence-electron chi connectivity index (χ1n) is 14.7. The van der Waals surface area contributed by atoms with Crippen molar-refractivity contribution < 1.29 is 28.2 Å². The standard InChI is InChI=1S/C33H49NO6SSi/c1-13-38-32(35)24-14-21(4)15-28-30(24)34-29(41-28)18-27(39-19-20(2)3)31(40-42(11,12)33(6,7)8)23-16-25(36-9)22(5)26(17-23)37-10/h14-17,20,27,31H,13,18-19H2,1-12H3/t27-,31+/m0/s1. The normalized spacial score (nSPS) is 13.8. The first kappa shape index (κ1) is 34.0. The second-order valence-corrected chi connectivity index (χ2v) is 18.7. The Hall–Kier alpha value is -2.46. The number of nitrogens with zero attached hydrogens (tertiary/aromatic N) is 1. The van der Waals surface area contributed by atoms with Gasteiger partial charge in [-0.15, -0.1) is 11.3 Å². The molecule has 0 unspecified atom stereocenters. The van der Waals surface area contributed by atoms with Crippen LogP contribution in [0.25, 0.3) is 10.2 Å². The van der Waals surface area contributed by atoms with Crippen molar-refractivity contribution in [2.24, 2.45) is 5.92 Å². The highest BCUT2D eigenvalue weighted by molar-refractivity contribution is 7.18. The Morgan fingerprint density at radius 3 is 2.17 bits per heavy atom. The molecule has 0 fully saturated rings. The number of aryl methyl sites for hydroxylation is 1. The molecule has 7 nitrogen and oxygen atoms in total. The lowest BCUT2D eigenvalue weighted by molar-refractivity contribution is -0.0416. The minimum absolute atomic E-state index is 0.0192. The highest BCUT2D eigenvalue weighted by atomic mass is 32.1. The van der Waals surface area contributed by atoms with Crippen LogP contribution in [0.2, 0.25) is 18.1 Å². The third-order valence-electron chi connectivity index (χ3n) is 7.87. The SMILES string of the molecule is CCOC(=O)c1cc(C)cc2sc(C[C@H](OCC(C)C)[C@H](O[Si](C)(C)C(C)(C)C)c3cc(OC)c(C)c(OC)c3)nc12. The Balaban J connectivity index is 2.18. The van der Waals surface area contributed by atoms with Gasteiger partial charge in [0, 0.05) is 18.6 Å². The predicted octanol–water partition coefficient (Wildman–Crippen LogP) is 8.45. The molecule has 3 aromatic rings. The van der Waals surface area contributed by atoms with Crippen LogP contribution in [0.1, 0.15) is 79.7 Å². The largest absolute Gasteiger partial charge is 0.496 e. The number of rotatable bonds is 13. The number of esters is 1. The zero-order valence-corrected chi connectivity index (χ0v) is 29.3. The van der Waals surface area contributed by atoms with E-state index < -0.39 is 14.4 Å². The van der Waals surface area contributed by atoms with Crippen LogP contribution >= 0.6 is 11.3 Å². The second-order valence-electron chi connectivity index (χ2n) is 12.8. The summed E-state index contributed by atoms with van der Waals surface area (Å²) in [5.74, 6) is 1.46. The summed E-state index contributed by atoms with van der Waals surface area (Å²) < 4.78 is 31.7. The molecule has 9 heteroatoms. The van der Waals surface area contributed by atoms with E-state index in [0.29, 0.717) is 36.6 Å². The molecule has 0 saturated heterocycles. The Kier molecular flexibility index (Phi) is 11.3. The molecule has 0 radical (unpaired) electrons. The van der Waals surface area contributed by atoms with Gasteiger partial charge in [-0.1, -0.05) is 34.6 Å². The van der Waals surface area contributed by atoms with Gasteiger partial charge in [0.15, 0.2) is 8.32 Å². The van der Waals surface area contributed by atoms with Crippen LogP contribution in [0.5, 0.6) is 11.5 Å².